The molecule has 0 spiro atoms. The molecule has 0 heterocycles. The minimum Gasteiger partial charge on any atom is -0.393 e. The fourth-order valence-electron chi connectivity index (χ4n) is 3.94. The molecule has 3 atom stereocenters. The van der Waals surface area contributed by atoms with Gasteiger partial charge in [-0.1, -0.05) is 45.4 Å². The van der Waals surface area contributed by atoms with Gasteiger partial charge in [-0.3, -0.25) is 0 Å². The van der Waals surface area contributed by atoms with Crippen molar-refractivity contribution in [3.8, 4) is 0 Å². The summed E-state index contributed by atoms with van der Waals surface area (Å²) < 4.78 is 0. The van der Waals surface area contributed by atoms with E-state index in [-0.39, 0.29) is 6.10 Å². The van der Waals surface area contributed by atoms with Crippen LogP contribution in [0.5, 0.6) is 0 Å². The standard InChI is InChI=1S/C15H28O/c1-2-5-12-8-9-15(16)14(10-12)11-13-6-3-4-7-13/h12-16H,2-11H2,1H3. The highest BCUT2D eigenvalue weighted by Crippen LogP contribution is 2.39. The summed E-state index contributed by atoms with van der Waals surface area (Å²) in [6.07, 6.45) is 13.4. The summed E-state index contributed by atoms with van der Waals surface area (Å²) in [5.41, 5.74) is 0. The van der Waals surface area contributed by atoms with Crippen LogP contribution in [0.4, 0.5) is 0 Å². The number of aliphatic hydroxyl groups is 1. The third-order valence-corrected chi connectivity index (χ3v) is 4.86. The lowest BCUT2D eigenvalue weighted by Crippen LogP contribution is -2.30. The number of hydrogen-bond donors (Lipinski definition) is 1. The molecule has 0 aromatic carbocycles. The molecule has 0 saturated heterocycles. The van der Waals surface area contributed by atoms with Crippen molar-refractivity contribution in [2.75, 3.05) is 0 Å². The minimum absolute atomic E-state index is 0.0220. The molecule has 2 aliphatic rings. The van der Waals surface area contributed by atoms with Crippen LogP contribution >= 0.6 is 0 Å². The molecule has 94 valence electrons. The molecule has 0 aromatic heterocycles. The van der Waals surface area contributed by atoms with Crippen molar-refractivity contribution < 1.29 is 5.11 Å². The van der Waals surface area contributed by atoms with Gasteiger partial charge in [0.1, 0.15) is 0 Å². The van der Waals surface area contributed by atoms with Gasteiger partial charge in [-0.25, -0.2) is 0 Å². The molecule has 2 rings (SSSR count). The predicted octanol–water partition coefficient (Wildman–Crippen LogP) is 4.14. The van der Waals surface area contributed by atoms with E-state index in [2.05, 4.69) is 6.92 Å². The molecule has 1 N–H and O–H groups in total. The van der Waals surface area contributed by atoms with Gasteiger partial charge in [-0.15, -0.1) is 0 Å². The molecule has 2 fully saturated rings. The van der Waals surface area contributed by atoms with Crippen LogP contribution in [0.1, 0.15) is 71.1 Å². The molecular weight excluding hydrogens is 196 g/mol. The van der Waals surface area contributed by atoms with Gasteiger partial charge in [0.05, 0.1) is 6.10 Å². The minimum atomic E-state index is 0.0220. The van der Waals surface area contributed by atoms with Crippen LogP contribution < -0.4 is 0 Å². The van der Waals surface area contributed by atoms with E-state index in [1.165, 1.54) is 57.8 Å². The Morgan fingerprint density at radius 3 is 2.44 bits per heavy atom. The van der Waals surface area contributed by atoms with Crippen LogP contribution in [0.2, 0.25) is 0 Å². The maximum absolute atomic E-state index is 10.1. The molecule has 0 amide bonds. The maximum Gasteiger partial charge on any atom is 0.0568 e. The van der Waals surface area contributed by atoms with E-state index in [4.69, 9.17) is 0 Å². The van der Waals surface area contributed by atoms with Gasteiger partial charge in [-0.2, -0.15) is 0 Å². The zero-order valence-corrected chi connectivity index (χ0v) is 10.8. The van der Waals surface area contributed by atoms with Crippen LogP contribution in [-0.2, 0) is 0 Å². The highest BCUT2D eigenvalue weighted by atomic mass is 16.3. The third kappa shape index (κ3) is 3.23. The summed E-state index contributed by atoms with van der Waals surface area (Å²) >= 11 is 0. The molecule has 0 aromatic rings. The highest BCUT2D eigenvalue weighted by molar-refractivity contribution is 4.82. The monoisotopic (exact) mass is 224 g/mol. The zero-order valence-electron chi connectivity index (χ0n) is 10.8. The number of aliphatic hydroxyl groups excluding tert-OH is 1. The molecule has 2 saturated carbocycles. The lowest BCUT2D eigenvalue weighted by atomic mass is 9.74. The van der Waals surface area contributed by atoms with Crippen molar-refractivity contribution in [2.45, 2.75) is 77.2 Å². The first-order chi connectivity index (χ1) is 7.79. The van der Waals surface area contributed by atoms with Crippen LogP contribution in [0.15, 0.2) is 0 Å². The molecule has 0 radical (unpaired) electrons. The third-order valence-electron chi connectivity index (χ3n) is 4.86. The second-order valence-electron chi connectivity index (χ2n) is 6.18. The van der Waals surface area contributed by atoms with Crippen LogP contribution in [-0.4, -0.2) is 11.2 Å². The fraction of sp³-hybridized carbons (Fsp3) is 1.00. The van der Waals surface area contributed by atoms with Crippen LogP contribution in [0, 0.1) is 17.8 Å². The van der Waals surface area contributed by atoms with Crippen LogP contribution in [0.25, 0.3) is 0 Å². The van der Waals surface area contributed by atoms with E-state index in [1.807, 2.05) is 0 Å². The predicted molar refractivity (Wildman–Crippen MR) is 68.3 cm³/mol. The average Bonchev–Trinajstić information content (AvgIpc) is 2.76. The van der Waals surface area contributed by atoms with Crippen molar-refractivity contribution in [2.24, 2.45) is 17.8 Å². The van der Waals surface area contributed by atoms with Gasteiger partial charge < -0.3 is 5.11 Å². The van der Waals surface area contributed by atoms with Crippen molar-refractivity contribution in [1.29, 1.82) is 0 Å². The summed E-state index contributed by atoms with van der Waals surface area (Å²) in [7, 11) is 0. The first-order valence-electron chi connectivity index (χ1n) is 7.47. The molecule has 3 unspecified atom stereocenters. The molecule has 1 nitrogen and oxygen atoms in total. The van der Waals surface area contributed by atoms with E-state index < -0.39 is 0 Å². The van der Waals surface area contributed by atoms with E-state index >= 15 is 0 Å². The molecule has 0 aliphatic heterocycles. The Balaban J connectivity index is 1.80. The normalized spacial score (nSPS) is 36.8. The first kappa shape index (κ1) is 12.4. The van der Waals surface area contributed by atoms with Crippen molar-refractivity contribution in [1.82, 2.24) is 0 Å². The Kier molecular flexibility index (Phi) is 4.69. The Bertz CT molecular complexity index is 196. The van der Waals surface area contributed by atoms with Gasteiger partial charge in [0.25, 0.3) is 0 Å². The summed E-state index contributed by atoms with van der Waals surface area (Å²) in [6, 6.07) is 0. The smallest absolute Gasteiger partial charge is 0.0568 e. The summed E-state index contributed by atoms with van der Waals surface area (Å²) in [5, 5.41) is 10.1. The quantitative estimate of drug-likeness (QED) is 0.760. The molecule has 0 bridgehead atoms. The van der Waals surface area contributed by atoms with Gasteiger partial charge in [0, 0.05) is 0 Å². The maximum atomic E-state index is 10.1. The molecule has 1 heteroatoms. The van der Waals surface area contributed by atoms with Gasteiger partial charge in [0.15, 0.2) is 0 Å². The van der Waals surface area contributed by atoms with Crippen molar-refractivity contribution >= 4 is 0 Å². The van der Waals surface area contributed by atoms with Crippen molar-refractivity contribution in [3.63, 3.8) is 0 Å². The largest absolute Gasteiger partial charge is 0.393 e. The Morgan fingerprint density at radius 1 is 1.00 bits per heavy atom. The zero-order chi connectivity index (χ0) is 11.4. The Hall–Kier alpha value is -0.0400. The summed E-state index contributed by atoms with van der Waals surface area (Å²) in [4.78, 5) is 0. The molecular formula is C15H28O. The SMILES string of the molecule is CCCC1CCC(O)C(CC2CCCC2)C1. The highest BCUT2D eigenvalue weighted by Gasteiger charge is 2.31. The number of rotatable bonds is 4. The lowest BCUT2D eigenvalue weighted by molar-refractivity contribution is 0.0338. The summed E-state index contributed by atoms with van der Waals surface area (Å²) in [6.45, 7) is 2.29. The number of hydrogen-bond acceptors (Lipinski definition) is 1. The average molecular weight is 224 g/mol. The summed E-state index contributed by atoms with van der Waals surface area (Å²) in [5.74, 6) is 2.49. The van der Waals surface area contributed by atoms with Gasteiger partial charge >= 0.3 is 0 Å². The van der Waals surface area contributed by atoms with E-state index in [9.17, 15) is 5.11 Å². The van der Waals surface area contributed by atoms with Crippen LogP contribution in [0.3, 0.4) is 0 Å². The first-order valence-corrected chi connectivity index (χ1v) is 7.47. The van der Waals surface area contributed by atoms with E-state index in [0.717, 1.165) is 18.3 Å². The second kappa shape index (κ2) is 6.05. The lowest BCUT2D eigenvalue weighted by Gasteiger charge is -2.34. The van der Waals surface area contributed by atoms with Crippen molar-refractivity contribution in [3.05, 3.63) is 0 Å². The second-order valence-corrected chi connectivity index (χ2v) is 6.18. The van der Waals surface area contributed by atoms with E-state index in [0.29, 0.717) is 5.92 Å². The molecule has 16 heavy (non-hydrogen) atoms. The topological polar surface area (TPSA) is 20.2 Å². The Morgan fingerprint density at radius 2 is 1.75 bits per heavy atom. The molecule has 2 aliphatic carbocycles. The van der Waals surface area contributed by atoms with E-state index in [1.54, 1.807) is 0 Å². The Labute approximate surface area is 101 Å². The fourth-order valence-corrected chi connectivity index (χ4v) is 3.94. The van der Waals surface area contributed by atoms with Gasteiger partial charge in [-0.05, 0) is 43.4 Å². The van der Waals surface area contributed by atoms with Gasteiger partial charge in [0.2, 0.25) is 0 Å².